The highest BCUT2D eigenvalue weighted by Crippen LogP contribution is 2.15. The lowest BCUT2D eigenvalue weighted by molar-refractivity contribution is 0.267. The predicted molar refractivity (Wildman–Crippen MR) is 126 cm³/mol. The molecule has 2 heterocycles. The van der Waals surface area contributed by atoms with E-state index in [2.05, 4.69) is 38.9 Å². The van der Waals surface area contributed by atoms with E-state index >= 15 is 0 Å². The third-order valence-electron chi connectivity index (χ3n) is 5.04. The first kappa shape index (κ1) is 24.5. The fraction of sp³-hybridized carbons (Fsp3) is 0.833. The molecule has 0 spiro atoms. The van der Waals surface area contributed by atoms with Crippen LogP contribution in [0.15, 0.2) is 4.99 Å². The Kier molecular flexibility index (Phi) is 12.3. The highest BCUT2D eigenvalue weighted by molar-refractivity contribution is 14.0. The van der Waals surface area contributed by atoms with E-state index in [0.29, 0.717) is 12.6 Å². The minimum Gasteiger partial charge on any atom is -0.356 e. The average molecular weight is 510 g/mol. The Morgan fingerprint density at radius 1 is 1.30 bits per heavy atom. The minimum atomic E-state index is 0. The van der Waals surface area contributed by atoms with Crippen LogP contribution >= 0.6 is 35.7 Å². The molecule has 1 aliphatic heterocycles. The van der Waals surface area contributed by atoms with E-state index in [9.17, 15) is 0 Å². The van der Waals surface area contributed by atoms with Gasteiger partial charge in [0.25, 0.3) is 0 Å². The van der Waals surface area contributed by atoms with E-state index in [0.717, 1.165) is 43.7 Å². The molecule has 2 N–H and O–H groups in total. The first-order valence-electron chi connectivity index (χ1n) is 9.75. The number of nitrogens with zero attached hydrogens (tertiary/aromatic N) is 5. The summed E-state index contributed by atoms with van der Waals surface area (Å²) in [6, 6.07) is 0.612. The Bertz CT molecular complexity index is 564. The molecule has 1 saturated heterocycles. The van der Waals surface area contributed by atoms with Crippen molar-refractivity contribution in [3.63, 3.8) is 0 Å². The van der Waals surface area contributed by atoms with Gasteiger partial charge in [-0.05, 0) is 57.7 Å². The number of aromatic nitrogens is 3. The Morgan fingerprint density at radius 3 is 2.78 bits per heavy atom. The summed E-state index contributed by atoms with van der Waals surface area (Å²) in [5.41, 5.74) is 0. The number of aliphatic imine (C=N–C) groups is 1. The van der Waals surface area contributed by atoms with Crippen LogP contribution in [-0.4, -0.2) is 69.9 Å². The van der Waals surface area contributed by atoms with Crippen LogP contribution in [0, 0.1) is 6.92 Å². The maximum atomic E-state index is 4.75. The number of unbranched alkanes of at least 4 members (excludes halogenated alkanes) is 1. The molecule has 1 fully saturated rings. The summed E-state index contributed by atoms with van der Waals surface area (Å²) in [4.78, 5) is 7.30. The molecule has 0 saturated carbocycles. The number of thioether (sulfide) groups is 1. The molecule has 1 atom stereocenters. The topological polar surface area (TPSA) is 70.4 Å². The third kappa shape index (κ3) is 8.15. The number of nitrogens with one attached hydrogen (secondary N) is 2. The molecule has 1 aromatic rings. The van der Waals surface area contributed by atoms with Gasteiger partial charge in [0.1, 0.15) is 12.4 Å². The Labute approximate surface area is 185 Å². The van der Waals surface area contributed by atoms with Gasteiger partial charge in [0.05, 0.1) is 0 Å². The van der Waals surface area contributed by atoms with Gasteiger partial charge in [0.15, 0.2) is 11.8 Å². The van der Waals surface area contributed by atoms with Gasteiger partial charge in [-0.25, -0.2) is 4.99 Å². The predicted octanol–water partition coefficient (Wildman–Crippen LogP) is 2.40. The molecular formula is C18H36IN7S. The SMILES string of the molecule is CCN1CCCC1CNC(=NCc1nnc(C)n1C)NCCCCSC.I. The van der Waals surface area contributed by atoms with Crippen molar-refractivity contribution in [3.8, 4) is 0 Å². The molecule has 156 valence electrons. The summed E-state index contributed by atoms with van der Waals surface area (Å²) in [5, 5.41) is 15.4. The molecular weight excluding hydrogens is 473 g/mol. The zero-order valence-corrected chi connectivity index (χ0v) is 20.3. The monoisotopic (exact) mass is 509 g/mol. The molecule has 1 aromatic heterocycles. The van der Waals surface area contributed by atoms with Gasteiger partial charge in [-0.15, -0.1) is 34.2 Å². The quantitative estimate of drug-likeness (QED) is 0.219. The first-order chi connectivity index (χ1) is 12.7. The van der Waals surface area contributed by atoms with Crippen molar-refractivity contribution in [1.29, 1.82) is 0 Å². The fourth-order valence-electron chi connectivity index (χ4n) is 3.25. The second kappa shape index (κ2) is 13.6. The van der Waals surface area contributed by atoms with Crippen LogP contribution in [0.5, 0.6) is 0 Å². The smallest absolute Gasteiger partial charge is 0.191 e. The van der Waals surface area contributed by atoms with Crippen LogP contribution in [0.4, 0.5) is 0 Å². The molecule has 0 aliphatic carbocycles. The van der Waals surface area contributed by atoms with E-state index in [1.54, 1.807) is 0 Å². The number of hydrogen-bond acceptors (Lipinski definition) is 5. The van der Waals surface area contributed by atoms with Crippen LogP contribution < -0.4 is 10.6 Å². The number of likely N-dealkylation sites (N-methyl/N-ethyl adjacent to an activating group) is 1. The molecule has 1 unspecified atom stereocenters. The molecule has 1 aliphatic rings. The lowest BCUT2D eigenvalue weighted by atomic mass is 10.2. The average Bonchev–Trinajstić information content (AvgIpc) is 3.23. The van der Waals surface area contributed by atoms with Gasteiger partial charge in [0, 0.05) is 26.2 Å². The van der Waals surface area contributed by atoms with Crippen molar-refractivity contribution in [2.75, 3.05) is 38.2 Å². The summed E-state index contributed by atoms with van der Waals surface area (Å²) in [7, 11) is 1.99. The van der Waals surface area contributed by atoms with Gasteiger partial charge in [-0.3, -0.25) is 4.90 Å². The lowest BCUT2D eigenvalue weighted by Gasteiger charge is -2.24. The van der Waals surface area contributed by atoms with E-state index in [4.69, 9.17) is 4.99 Å². The summed E-state index contributed by atoms with van der Waals surface area (Å²) >= 11 is 1.90. The van der Waals surface area contributed by atoms with Gasteiger partial charge in [-0.1, -0.05) is 6.92 Å². The van der Waals surface area contributed by atoms with Crippen molar-refractivity contribution in [3.05, 3.63) is 11.6 Å². The molecule has 0 radical (unpaired) electrons. The third-order valence-corrected chi connectivity index (χ3v) is 5.74. The van der Waals surface area contributed by atoms with Gasteiger partial charge in [-0.2, -0.15) is 11.8 Å². The molecule has 0 aromatic carbocycles. The zero-order valence-electron chi connectivity index (χ0n) is 17.2. The molecule has 2 rings (SSSR count). The fourth-order valence-corrected chi connectivity index (χ4v) is 3.74. The maximum Gasteiger partial charge on any atom is 0.191 e. The number of guanidine groups is 1. The lowest BCUT2D eigenvalue weighted by Crippen LogP contribution is -2.45. The second-order valence-corrected chi connectivity index (χ2v) is 7.81. The summed E-state index contributed by atoms with van der Waals surface area (Å²) < 4.78 is 2.00. The number of halogens is 1. The molecule has 7 nitrogen and oxygen atoms in total. The normalized spacial score (nSPS) is 17.8. The highest BCUT2D eigenvalue weighted by atomic mass is 127. The standard InChI is InChI=1S/C18H35N7S.HI/c1-5-25-11-8-9-16(25)13-20-18(19-10-6-7-12-26-4)21-14-17-23-22-15(2)24(17)3;/h16H,5-14H2,1-4H3,(H2,19,20,21);1H. The van der Waals surface area contributed by atoms with Crippen molar-refractivity contribution >= 4 is 41.7 Å². The second-order valence-electron chi connectivity index (χ2n) is 6.82. The number of rotatable bonds is 10. The van der Waals surface area contributed by atoms with E-state index in [-0.39, 0.29) is 24.0 Å². The first-order valence-corrected chi connectivity index (χ1v) is 11.1. The van der Waals surface area contributed by atoms with Gasteiger partial charge in [0.2, 0.25) is 0 Å². The van der Waals surface area contributed by atoms with Crippen LogP contribution in [0.25, 0.3) is 0 Å². The van der Waals surface area contributed by atoms with E-state index in [1.807, 2.05) is 30.3 Å². The molecule has 27 heavy (non-hydrogen) atoms. The molecule has 9 heteroatoms. The van der Waals surface area contributed by atoms with E-state index in [1.165, 1.54) is 31.6 Å². The maximum absolute atomic E-state index is 4.75. The largest absolute Gasteiger partial charge is 0.356 e. The number of hydrogen-bond donors (Lipinski definition) is 2. The van der Waals surface area contributed by atoms with Gasteiger partial charge < -0.3 is 15.2 Å². The van der Waals surface area contributed by atoms with Crippen LogP contribution in [0.1, 0.15) is 44.3 Å². The summed E-state index contributed by atoms with van der Waals surface area (Å²) in [5.74, 6) is 3.91. The van der Waals surface area contributed by atoms with Crippen LogP contribution in [-0.2, 0) is 13.6 Å². The van der Waals surface area contributed by atoms with Crippen molar-refractivity contribution in [2.45, 2.75) is 52.1 Å². The molecule has 0 amide bonds. The zero-order chi connectivity index (χ0) is 18.8. The van der Waals surface area contributed by atoms with Crippen molar-refractivity contribution < 1.29 is 0 Å². The van der Waals surface area contributed by atoms with Crippen LogP contribution in [0.3, 0.4) is 0 Å². The van der Waals surface area contributed by atoms with Gasteiger partial charge >= 0.3 is 0 Å². The van der Waals surface area contributed by atoms with Crippen LogP contribution in [0.2, 0.25) is 0 Å². The number of likely N-dealkylation sites (tertiary alicyclic amines) is 1. The minimum absolute atomic E-state index is 0. The summed E-state index contributed by atoms with van der Waals surface area (Å²) in [6.07, 6.45) is 7.12. The highest BCUT2D eigenvalue weighted by Gasteiger charge is 2.22. The van der Waals surface area contributed by atoms with Crippen molar-refractivity contribution in [2.24, 2.45) is 12.0 Å². The Balaban J connectivity index is 0.00000364. The molecule has 0 bridgehead atoms. The number of aryl methyl sites for hydroxylation is 1. The summed E-state index contributed by atoms with van der Waals surface area (Å²) in [6.45, 7) is 8.99. The van der Waals surface area contributed by atoms with E-state index < -0.39 is 0 Å². The Morgan fingerprint density at radius 2 is 2.11 bits per heavy atom. The van der Waals surface area contributed by atoms with Crippen molar-refractivity contribution in [1.82, 2.24) is 30.3 Å². The Hall–Kier alpha value is -0.550.